The van der Waals surface area contributed by atoms with Gasteiger partial charge in [-0.2, -0.15) is 0 Å². The lowest BCUT2D eigenvalue weighted by atomic mass is 9.94. The van der Waals surface area contributed by atoms with E-state index in [1.165, 1.54) is 0 Å². The van der Waals surface area contributed by atoms with Gasteiger partial charge in [-0.25, -0.2) is 4.79 Å². The van der Waals surface area contributed by atoms with Gasteiger partial charge in [0.2, 0.25) is 5.91 Å². The Hall–Kier alpha value is -3.35. The van der Waals surface area contributed by atoms with Gasteiger partial charge in [-0.05, 0) is 88.6 Å². The first-order valence-electron chi connectivity index (χ1n) is 14.9. The van der Waals surface area contributed by atoms with Crippen molar-refractivity contribution in [2.24, 2.45) is 5.92 Å². The molecule has 226 valence electrons. The Morgan fingerprint density at radius 2 is 1.54 bits per heavy atom. The molecule has 0 aliphatic rings. The lowest BCUT2D eigenvalue weighted by molar-refractivity contribution is -0.142. The predicted octanol–water partition coefficient (Wildman–Crippen LogP) is 7.56. The fourth-order valence-electron chi connectivity index (χ4n) is 4.81. The Morgan fingerprint density at radius 1 is 0.902 bits per heavy atom. The van der Waals surface area contributed by atoms with Crippen LogP contribution in [0.5, 0.6) is 0 Å². The molecule has 2 N–H and O–H groups in total. The summed E-state index contributed by atoms with van der Waals surface area (Å²) in [6.45, 7) is 19.7. The van der Waals surface area contributed by atoms with E-state index in [0.717, 1.165) is 52.8 Å². The van der Waals surface area contributed by atoms with Crippen LogP contribution in [-0.4, -0.2) is 41.0 Å². The molecule has 0 aliphatic carbocycles. The number of rotatable bonds is 12. The molecule has 7 heteroatoms. The lowest BCUT2D eigenvalue weighted by Gasteiger charge is -2.36. The number of nitrogens with one attached hydrogen (secondary N) is 2. The van der Waals surface area contributed by atoms with Crippen LogP contribution in [0.4, 0.5) is 10.5 Å². The van der Waals surface area contributed by atoms with Crippen molar-refractivity contribution in [3.63, 3.8) is 0 Å². The molecule has 3 unspecified atom stereocenters. The van der Waals surface area contributed by atoms with Crippen LogP contribution in [0, 0.1) is 33.6 Å². The number of hydrogen-bond acceptors (Lipinski definition) is 4. The summed E-state index contributed by atoms with van der Waals surface area (Å²) in [6, 6.07) is 10.1. The van der Waals surface area contributed by atoms with Gasteiger partial charge >= 0.3 is 6.09 Å². The van der Waals surface area contributed by atoms with Crippen molar-refractivity contribution in [2.45, 2.75) is 113 Å². The van der Waals surface area contributed by atoms with E-state index >= 15 is 0 Å². The summed E-state index contributed by atoms with van der Waals surface area (Å²) in [7, 11) is 0. The molecule has 0 saturated carbocycles. The number of ether oxygens (including phenoxy) is 1. The van der Waals surface area contributed by atoms with Crippen molar-refractivity contribution in [1.29, 1.82) is 0 Å². The highest BCUT2D eigenvalue weighted by molar-refractivity contribution is 6.00. The molecule has 0 heterocycles. The first-order valence-corrected chi connectivity index (χ1v) is 14.9. The van der Waals surface area contributed by atoms with Gasteiger partial charge in [-0.1, -0.05) is 76.4 Å². The fraction of sp³-hybridized carbons (Fsp3) is 0.559. The van der Waals surface area contributed by atoms with E-state index in [9.17, 15) is 14.4 Å². The summed E-state index contributed by atoms with van der Waals surface area (Å²) in [4.78, 5) is 43.2. The van der Waals surface area contributed by atoms with E-state index in [2.05, 4.69) is 17.6 Å². The third kappa shape index (κ3) is 9.61. The number of carbonyl (C=O) groups excluding carboxylic acids is 3. The third-order valence-electron chi connectivity index (χ3n) is 7.57. The van der Waals surface area contributed by atoms with Gasteiger partial charge in [0.05, 0.1) is 0 Å². The molecular formula is C34H51N3O4. The maximum Gasteiger partial charge on any atom is 0.408 e. The summed E-state index contributed by atoms with van der Waals surface area (Å²) in [5, 5.41) is 5.99. The maximum atomic E-state index is 14.5. The van der Waals surface area contributed by atoms with Crippen LogP contribution in [0.1, 0.15) is 101 Å². The van der Waals surface area contributed by atoms with E-state index < -0.39 is 23.8 Å². The second-order valence-corrected chi connectivity index (χ2v) is 12.3. The second kappa shape index (κ2) is 15.0. The summed E-state index contributed by atoms with van der Waals surface area (Å²) in [5.74, 6) is -0.748. The molecule has 0 bridgehead atoms. The Labute approximate surface area is 247 Å². The Balaban J connectivity index is 2.64. The number of carbonyl (C=O) groups is 3. The number of nitrogens with zero attached hydrogens (tertiary/aromatic N) is 1. The first kappa shape index (κ1) is 33.9. The Morgan fingerprint density at radius 3 is 2.07 bits per heavy atom. The summed E-state index contributed by atoms with van der Waals surface area (Å²) in [5.41, 5.74) is 4.82. The van der Waals surface area contributed by atoms with Gasteiger partial charge in [-0.3, -0.25) is 9.59 Å². The quantitative estimate of drug-likeness (QED) is 0.260. The molecule has 2 aromatic rings. The van der Waals surface area contributed by atoms with Crippen LogP contribution in [0.15, 0.2) is 36.4 Å². The minimum absolute atomic E-state index is 0.175. The number of benzene rings is 2. The Bertz CT molecular complexity index is 1180. The zero-order chi connectivity index (χ0) is 30.9. The van der Waals surface area contributed by atoms with E-state index in [1.807, 2.05) is 77.9 Å². The van der Waals surface area contributed by atoms with Gasteiger partial charge in [-0.15, -0.1) is 0 Å². The molecular weight excluding hydrogens is 514 g/mol. The molecule has 3 atom stereocenters. The number of alkyl carbamates (subject to hydrolysis) is 1. The summed E-state index contributed by atoms with van der Waals surface area (Å²) in [6.07, 6.45) is 2.63. The lowest BCUT2D eigenvalue weighted by Crippen LogP contribution is -2.55. The monoisotopic (exact) mass is 565 g/mol. The number of unbranched alkanes of at least 4 members (excludes halogenated alkanes) is 2. The zero-order valence-corrected chi connectivity index (χ0v) is 26.8. The highest BCUT2D eigenvalue weighted by atomic mass is 16.6. The van der Waals surface area contributed by atoms with Gasteiger partial charge in [0, 0.05) is 12.2 Å². The van der Waals surface area contributed by atoms with E-state index in [1.54, 1.807) is 25.7 Å². The van der Waals surface area contributed by atoms with Crippen molar-refractivity contribution >= 4 is 23.6 Å². The average Bonchev–Trinajstić information content (AvgIpc) is 2.89. The zero-order valence-electron chi connectivity index (χ0n) is 26.8. The van der Waals surface area contributed by atoms with Crippen molar-refractivity contribution in [2.75, 3.05) is 11.9 Å². The third-order valence-corrected chi connectivity index (χ3v) is 7.57. The summed E-state index contributed by atoms with van der Waals surface area (Å²) >= 11 is 0. The molecule has 0 aliphatic heterocycles. The molecule has 2 aromatic carbocycles. The highest BCUT2D eigenvalue weighted by Gasteiger charge is 2.38. The van der Waals surface area contributed by atoms with Crippen LogP contribution in [-0.2, 0) is 14.3 Å². The fourth-order valence-corrected chi connectivity index (χ4v) is 4.81. The van der Waals surface area contributed by atoms with Crippen LogP contribution >= 0.6 is 0 Å². The van der Waals surface area contributed by atoms with Crippen molar-refractivity contribution in [3.05, 3.63) is 64.2 Å². The van der Waals surface area contributed by atoms with Gasteiger partial charge < -0.3 is 20.3 Å². The largest absolute Gasteiger partial charge is 0.444 e. The number of anilines is 1. The van der Waals surface area contributed by atoms with Gasteiger partial charge in [0.25, 0.3) is 5.91 Å². The van der Waals surface area contributed by atoms with E-state index in [4.69, 9.17) is 4.74 Å². The smallest absolute Gasteiger partial charge is 0.408 e. The standard InChI is InChI=1S/C34H51N3O4/c1-11-13-14-20-37(32(39)29(22(3)12-2)36-33(40)41-34(8,9)10)30(27-19-18-23(4)26(7)21-27)31(38)35-28-24(5)16-15-17-25(28)6/h15-19,21-22,29-30H,11-14,20H2,1-10H3,(H,35,38)(H,36,40). The molecule has 0 radical (unpaired) electrons. The number of aryl methyl sites for hydroxylation is 4. The predicted molar refractivity (Wildman–Crippen MR) is 167 cm³/mol. The molecule has 0 spiro atoms. The summed E-state index contributed by atoms with van der Waals surface area (Å²) < 4.78 is 5.52. The first-order chi connectivity index (χ1) is 19.2. The Kier molecular flexibility index (Phi) is 12.4. The van der Waals surface area contributed by atoms with Crippen molar-refractivity contribution in [3.8, 4) is 0 Å². The molecule has 0 saturated heterocycles. The maximum absolute atomic E-state index is 14.5. The van der Waals surface area contributed by atoms with Crippen LogP contribution in [0.2, 0.25) is 0 Å². The second-order valence-electron chi connectivity index (χ2n) is 12.3. The van der Waals surface area contributed by atoms with Crippen LogP contribution < -0.4 is 10.6 Å². The van der Waals surface area contributed by atoms with E-state index in [0.29, 0.717) is 13.0 Å². The molecule has 7 nitrogen and oxygen atoms in total. The molecule has 0 aromatic heterocycles. The minimum atomic E-state index is -0.885. The molecule has 0 fully saturated rings. The minimum Gasteiger partial charge on any atom is -0.444 e. The average molecular weight is 566 g/mol. The molecule has 41 heavy (non-hydrogen) atoms. The SMILES string of the molecule is CCCCCN(C(=O)C(NC(=O)OC(C)(C)C)C(C)CC)C(C(=O)Nc1c(C)cccc1C)c1ccc(C)c(C)c1. The van der Waals surface area contributed by atoms with Gasteiger partial charge in [0.1, 0.15) is 17.7 Å². The number of amides is 3. The van der Waals surface area contributed by atoms with Crippen LogP contribution in [0.25, 0.3) is 0 Å². The number of para-hydroxylation sites is 1. The normalized spacial score (nSPS) is 13.6. The molecule has 2 rings (SSSR count). The van der Waals surface area contributed by atoms with Crippen molar-refractivity contribution in [1.82, 2.24) is 10.2 Å². The van der Waals surface area contributed by atoms with Gasteiger partial charge in [0.15, 0.2) is 0 Å². The molecule has 3 amide bonds. The highest BCUT2D eigenvalue weighted by Crippen LogP contribution is 2.29. The van der Waals surface area contributed by atoms with E-state index in [-0.39, 0.29) is 17.7 Å². The van der Waals surface area contributed by atoms with Crippen LogP contribution in [0.3, 0.4) is 0 Å². The number of hydrogen-bond donors (Lipinski definition) is 2. The van der Waals surface area contributed by atoms with Crippen molar-refractivity contribution < 1.29 is 19.1 Å². The topological polar surface area (TPSA) is 87.7 Å².